The highest BCUT2D eigenvalue weighted by Gasteiger charge is 2.16. The maximum atomic E-state index is 10.9. The number of pyridine rings is 1. The molecule has 2 rings (SSSR count). The zero-order chi connectivity index (χ0) is 13.3. The molecule has 0 aromatic carbocycles. The fourth-order valence-corrected chi connectivity index (χ4v) is 1.94. The number of carbonyl (C=O) groups is 1. The molecule has 8 heteroatoms. The Morgan fingerprint density at radius 3 is 2.89 bits per heavy atom. The molecule has 0 aliphatic rings. The van der Waals surface area contributed by atoms with Gasteiger partial charge in [0.05, 0.1) is 18.1 Å². The number of amides is 1. The fraction of sp³-hybridized carbons (Fsp3) is 0.100. The van der Waals surface area contributed by atoms with E-state index in [1.807, 2.05) is 0 Å². The molecular formula is C10H8BrClN4O2. The van der Waals surface area contributed by atoms with Crippen LogP contribution in [0, 0.1) is 0 Å². The number of halogens is 2. The first-order valence-corrected chi connectivity index (χ1v) is 5.99. The van der Waals surface area contributed by atoms with E-state index in [0.29, 0.717) is 11.4 Å². The normalized spacial score (nSPS) is 10.4. The quantitative estimate of drug-likeness (QED) is 0.918. The van der Waals surface area contributed by atoms with Crippen LogP contribution >= 0.6 is 27.5 Å². The summed E-state index contributed by atoms with van der Waals surface area (Å²) in [7, 11) is 1.40. The molecule has 0 bridgehead atoms. The lowest BCUT2D eigenvalue weighted by Crippen LogP contribution is -2.23. The van der Waals surface area contributed by atoms with Crippen molar-refractivity contribution in [3.05, 3.63) is 34.3 Å². The van der Waals surface area contributed by atoms with E-state index in [2.05, 4.69) is 26.0 Å². The van der Waals surface area contributed by atoms with Crippen molar-refractivity contribution in [3.63, 3.8) is 0 Å². The number of nitrogens with zero attached hydrogens (tertiary/aromatic N) is 4. The van der Waals surface area contributed by atoms with E-state index in [9.17, 15) is 4.79 Å². The Kier molecular flexibility index (Phi) is 3.53. The van der Waals surface area contributed by atoms with Crippen LogP contribution in [0.1, 0.15) is 0 Å². The van der Waals surface area contributed by atoms with Gasteiger partial charge in [0.2, 0.25) is 0 Å². The number of hydrogen-bond acceptors (Lipinski definition) is 3. The summed E-state index contributed by atoms with van der Waals surface area (Å²) in [6.07, 6.45) is 3.65. The van der Waals surface area contributed by atoms with Gasteiger partial charge in [-0.1, -0.05) is 11.6 Å². The van der Waals surface area contributed by atoms with Gasteiger partial charge >= 0.3 is 6.09 Å². The van der Waals surface area contributed by atoms with E-state index in [1.165, 1.54) is 17.9 Å². The van der Waals surface area contributed by atoms with E-state index >= 15 is 0 Å². The van der Waals surface area contributed by atoms with Crippen LogP contribution < -0.4 is 4.90 Å². The molecule has 0 aliphatic carbocycles. The SMILES string of the molecule is CN(C(=O)O)c1cn(-c2cncc(Br)c2)nc1Cl. The second kappa shape index (κ2) is 4.95. The minimum absolute atomic E-state index is 0.111. The van der Waals surface area contributed by atoms with Gasteiger partial charge in [0.25, 0.3) is 0 Å². The molecule has 1 amide bonds. The Morgan fingerprint density at radius 2 is 2.28 bits per heavy atom. The van der Waals surface area contributed by atoms with Gasteiger partial charge < -0.3 is 5.11 Å². The monoisotopic (exact) mass is 330 g/mol. The zero-order valence-corrected chi connectivity index (χ0v) is 11.6. The Morgan fingerprint density at radius 1 is 1.56 bits per heavy atom. The predicted octanol–water partition coefficient (Wildman–Crippen LogP) is 2.80. The largest absolute Gasteiger partial charge is 0.465 e. The molecule has 0 radical (unpaired) electrons. The summed E-state index contributed by atoms with van der Waals surface area (Å²) in [5, 5.41) is 13.0. The van der Waals surface area contributed by atoms with Gasteiger partial charge in [-0.15, -0.1) is 0 Å². The summed E-state index contributed by atoms with van der Waals surface area (Å²) in [5.41, 5.74) is 0.987. The molecule has 2 aromatic heterocycles. The van der Waals surface area contributed by atoms with Crippen molar-refractivity contribution >= 4 is 39.3 Å². The Bertz CT molecular complexity index is 601. The second-order valence-corrected chi connectivity index (χ2v) is 4.73. The van der Waals surface area contributed by atoms with Crippen LogP contribution in [0.15, 0.2) is 29.1 Å². The summed E-state index contributed by atoms with van der Waals surface area (Å²) in [6.45, 7) is 0. The lowest BCUT2D eigenvalue weighted by molar-refractivity contribution is 0.203. The molecule has 18 heavy (non-hydrogen) atoms. The van der Waals surface area contributed by atoms with E-state index in [-0.39, 0.29) is 5.15 Å². The van der Waals surface area contributed by atoms with Gasteiger partial charge in [0.15, 0.2) is 5.15 Å². The highest BCUT2D eigenvalue weighted by atomic mass is 79.9. The van der Waals surface area contributed by atoms with E-state index < -0.39 is 6.09 Å². The molecule has 94 valence electrons. The average Bonchev–Trinajstić information content (AvgIpc) is 2.70. The predicted molar refractivity (Wildman–Crippen MR) is 70.5 cm³/mol. The first kappa shape index (κ1) is 12.8. The fourth-order valence-electron chi connectivity index (χ4n) is 1.33. The van der Waals surface area contributed by atoms with Crippen molar-refractivity contribution in [3.8, 4) is 5.69 Å². The van der Waals surface area contributed by atoms with Crippen LogP contribution in [-0.4, -0.2) is 33.0 Å². The zero-order valence-electron chi connectivity index (χ0n) is 9.21. The molecule has 0 unspecified atom stereocenters. The van der Waals surface area contributed by atoms with Crippen molar-refractivity contribution in [1.82, 2.24) is 14.8 Å². The van der Waals surface area contributed by atoms with Gasteiger partial charge in [-0.2, -0.15) is 5.10 Å². The van der Waals surface area contributed by atoms with Gasteiger partial charge in [-0.25, -0.2) is 9.48 Å². The summed E-state index contributed by atoms with van der Waals surface area (Å²) in [6, 6.07) is 1.79. The lowest BCUT2D eigenvalue weighted by Gasteiger charge is -2.09. The highest BCUT2D eigenvalue weighted by Crippen LogP contribution is 2.25. The molecule has 0 fully saturated rings. The van der Waals surface area contributed by atoms with Crippen molar-refractivity contribution in [1.29, 1.82) is 0 Å². The third-order valence-electron chi connectivity index (χ3n) is 2.25. The topological polar surface area (TPSA) is 71.2 Å². The molecule has 2 aromatic rings. The molecule has 0 spiro atoms. The van der Waals surface area contributed by atoms with E-state index in [1.54, 1.807) is 18.5 Å². The van der Waals surface area contributed by atoms with Crippen LogP contribution in [0.25, 0.3) is 5.69 Å². The molecule has 6 nitrogen and oxygen atoms in total. The Hall–Kier alpha value is -1.60. The van der Waals surface area contributed by atoms with E-state index in [4.69, 9.17) is 16.7 Å². The first-order chi connectivity index (χ1) is 8.49. The minimum Gasteiger partial charge on any atom is -0.465 e. The minimum atomic E-state index is -1.11. The standard InChI is InChI=1S/C10H8BrClN4O2/c1-15(10(17)18)8-5-16(14-9(8)12)7-2-6(11)3-13-4-7/h2-5H,1H3,(H,17,18). The van der Waals surface area contributed by atoms with Crippen molar-refractivity contribution in [2.75, 3.05) is 11.9 Å². The van der Waals surface area contributed by atoms with E-state index in [0.717, 1.165) is 9.37 Å². The molecule has 0 aliphatic heterocycles. The maximum Gasteiger partial charge on any atom is 0.411 e. The summed E-state index contributed by atoms with van der Waals surface area (Å²) >= 11 is 9.20. The van der Waals surface area contributed by atoms with Crippen molar-refractivity contribution < 1.29 is 9.90 Å². The third-order valence-corrected chi connectivity index (χ3v) is 2.96. The van der Waals surface area contributed by atoms with Gasteiger partial charge in [0.1, 0.15) is 5.69 Å². The molecule has 0 saturated carbocycles. The number of carboxylic acid groups (broad SMARTS) is 1. The van der Waals surface area contributed by atoms with Gasteiger partial charge in [-0.3, -0.25) is 9.88 Å². The smallest absolute Gasteiger partial charge is 0.411 e. The average molecular weight is 332 g/mol. The summed E-state index contributed by atoms with van der Waals surface area (Å²) in [4.78, 5) is 15.9. The lowest BCUT2D eigenvalue weighted by atomic mass is 10.4. The number of aromatic nitrogens is 3. The summed E-state index contributed by atoms with van der Waals surface area (Å²) in [5.74, 6) is 0. The Balaban J connectivity index is 2.43. The second-order valence-electron chi connectivity index (χ2n) is 3.45. The van der Waals surface area contributed by atoms with Gasteiger partial charge in [0, 0.05) is 17.7 Å². The Labute approximate surface area is 116 Å². The number of rotatable bonds is 2. The molecular weight excluding hydrogens is 323 g/mol. The van der Waals surface area contributed by atoms with Crippen molar-refractivity contribution in [2.24, 2.45) is 0 Å². The van der Waals surface area contributed by atoms with Crippen LogP contribution in [0.4, 0.5) is 10.5 Å². The van der Waals surface area contributed by atoms with Gasteiger partial charge in [-0.05, 0) is 22.0 Å². The maximum absolute atomic E-state index is 10.9. The number of anilines is 1. The summed E-state index contributed by atoms with van der Waals surface area (Å²) < 4.78 is 2.26. The molecule has 0 saturated heterocycles. The first-order valence-electron chi connectivity index (χ1n) is 4.82. The van der Waals surface area contributed by atoms with Crippen LogP contribution in [0.5, 0.6) is 0 Å². The highest BCUT2D eigenvalue weighted by molar-refractivity contribution is 9.10. The van der Waals surface area contributed by atoms with Crippen LogP contribution in [0.2, 0.25) is 5.15 Å². The molecule has 1 N–H and O–H groups in total. The number of hydrogen-bond donors (Lipinski definition) is 1. The van der Waals surface area contributed by atoms with Crippen LogP contribution in [0.3, 0.4) is 0 Å². The van der Waals surface area contributed by atoms with Crippen molar-refractivity contribution in [2.45, 2.75) is 0 Å². The van der Waals surface area contributed by atoms with Crippen LogP contribution in [-0.2, 0) is 0 Å². The molecule has 0 atom stereocenters. The molecule has 2 heterocycles. The third kappa shape index (κ3) is 2.46.